The predicted octanol–water partition coefficient (Wildman–Crippen LogP) is 2.31. The van der Waals surface area contributed by atoms with E-state index >= 15 is 0 Å². The maximum Gasteiger partial charge on any atom is 0.260 e. The lowest BCUT2D eigenvalue weighted by Crippen LogP contribution is -2.72. The first-order valence-electron chi connectivity index (χ1n) is 8.40. The van der Waals surface area contributed by atoms with E-state index in [1.807, 2.05) is 23.7 Å². The van der Waals surface area contributed by atoms with Gasteiger partial charge in [0.15, 0.2) is 5.16 Å². The van der Waals surface area contributed by atoms with E-state index < -0.39 is 0 Å². The van der Waals surface area contributed by atoms with Gasteiger partial charge in [0.25, 0.3) is 5.91 Å². The topological polar surface area (TPSA) is 84.4 Å². The highest BCUT2D eigenvalue weighted by molar-refractivity contribution is 7.98. The van der Waals surface area contributed by atoms with Crippen LogP contribution in [-0.2, 0) is 5.41 Å². The summed E-state index contributed by atoms with van der Waals surface area (Å²) in [6, 6.07) is 4.27. The minimum atomic E-state index is -0.105. The normalized spacial score (nSPS) is 14.4. The van der Waals surface area contributed by atoms with Gasteiger partial charge in [0.1, 0.15) is 11.3 Å². The maximum atomic E-state index is 12.5. The van der Waals surface area contributed by atoms with Gasteiger partial charge in [0.2, 0.25) is 5.82 Å². The van der Waals surface area contributed by atoms with Crippen LogP contribution in [0.15, 0.2) is 29.7 Å². The van der Waals surface area contributed by atoms with Gasteiger partial charge in [-0.1, -0.05) is 32.5 Å². The van der Waals surface area contributed by atoms with Crippen LogP contribution in [0.5, 0.6) is 0 Å². The molecule has 0 atom stereocenters. The van der Waals surface area contributed by atoms with Crippen LogP contribution in [0.1, 0.15) is 49.7 Å². The van der Waals surface area contributed by atoms with Crippen molar-refractivity contribution in [3.8, 4) is 0 Å². The summed E-state index contributed by atoms with van der Waals surface area (Å²) in [6.07, 6.45) is 7.44. The maximum absolute atomic E-state index is 12.5. The first-order valence-corrected chi connectivity index (χ1v) is 9.62. The Balaban J connectivity index is 1.91. The number of thioether (sulfide) groups is 1. The summed E-state index contributed by atoms with van der Waals surface area (Å²) in [6.45, 7) is 6.39. The van der Waals surface area contributed by atoms with Crippen LogP contribution in [0.3, 0.4) is 0 Å². The van der Waals surface area contributed by atoms with Crippen molar-refractivity contribution in [3.05, 3.63) is 35.8 Å². The molecule has 0 aliphatic heterocycles. The number of amides is 1. The summed E-state index contributed by atoms with van der Waals surface area (Å²) >= 11 is 1.46. The third-order valence-corrected chi connectivity index (χ3v) is 4.55. The molecule has 0 unspecified atom stereocenters. The molecular formula is C18H24N5OS+. The predicted molar refractivity (Wildman–Crippen MR) is 98.5 cm³/mol. The SMILES string of the molecule is CSc1ncc(C(=O)NC2CC2)c([NH2+]c2ccnc(C(C)(C)C)c2)n1. The molecule has 2 heterocycles. The molecule has 0 aromatic carbocycles. The minimum absolute atomic E-state index is 0.0356. The van der Waals surface area contributed by atoms with Crippen molar-refractivity contribution < 1.29 is 10.1 Å². The summed E-state index contributed by atoms with van der Waals surface area (Å²) < 4.78 is 0. The summed E-state index contributed by atoms with van der Waals surface area (Å²) in [4.78, 5) is 25.8. The van der Waals surface area contributed by atoms with Crippen LogP contribution >= 0.6 is 11.8 Å². The summed E-state index contributed by atoms with van der Waals surface area (Å²) in [5, 5.41) is 5.59. The van der Waals surface area contributed by atoms with Gasteiger partial charge in [0.05, 0.1) is 11.9 Å². The lowest BCUT2D eigenvalue weighted by atomic mass is 9.91. The quantitative estimate of drug-likeness (QED) is 0.633. The van der Waals surface area contributed by atoms with E-state index in [-0.39, 0.29) is 11.3 Å². The Morgan fingerprint density at radius 2 is 2.08 bits per heavy atom. The van der Waals surface area contributed by atoms with Gasteiger partial charge in [-0.25, -0.2) is 4.98 Å². The molecule has 1 saturated carbocycles. The molecule has 0 radical (unpaired) electrons. The lowest BCUT2D eigenvalue weighted by Gasteiger charge is -2.17. The molecule has 2 aromatic rings. The number of carbonyl (C=O) groups is 1. The largest absolute Gasteiger partial charge is 0.349 e. The monoisotopic (exact) mass is 358 g/mol. The molecule has 7 heteroatoms. The van der Waals surface area contributed by atoms with Crippen LogP contribution < -0.4 is 10.6 Å². The molecule has 25 heavy (non-hydrogen) atoms. The second kappa shape index (κ2) is 7.09. The number of nitrogens with one attached hydrogen (secondary N) is 1. The number of carbonyl (C=O) groups excluding carboxylic acids is 1. The van der Waals surface area contributed by atoms with Gasteiger partial charge in [-0.15, -0.1) is 0 Å². The molecule has 1 aliphatic rings. The van der Waals surface area contributed by atoms with Gasteiger partial charge in [-0.2, -0.15) is 4.98 Å². The van der Waals surface area contributed by atoms with Crippen molar-refractivity contribution in [3.63, 3.8) is 0 Å². The molecule has 1 aliphatic carbocycles. The van der Waals surface area contributed by atoms with Crippen molar-refractivity contribution in [2.45, 2.75) is 50.2 Å². The van der Waals surface area contributed by atoms with E-state index in [4.69, 9.17) is 0 Å². The molecule has 0 bridgehead atoms. The summed E-state index contributed by atoms with van der Waals surface area (Å²) in [5.74, 6) is 0.537. The third kappa shape index (κ3) is 4.55. The fourth-order valence-electron chi connectivity index (χ4n) is 2.36. The smallest absolute Gasteiger partial charge is 0.260 e. The Morgan fingerprint density at radius 3 is 2.72 bits per heavy atom. The highest BCUT2D eigenvalue weighted by atomic mass is 32.2. The zero-order chi connectivity index (χ0) is 18.0. The fraction of sp³-hybridized carbons (Fsp3) is 0.444. The van der Waals surface area contributed by atoms with E-state index in [1.165, 1.54) is 11.8 Å². The fourth-order valence-corrected chi connectivity index (χ4v) is 2.70. The highest BCUT2D eigenvalue weighted by Crippen LogP contribution is 2.22. The van der Waals surface area contributed by atoms with Crippen LogP contribution in [0, 0.1) is 0 Å². The Bertz CT molecular complexity index is 783. The van der Waals surface area contributed by atoms with Crippen molar-refractivity contribution in [2.24, 2.45) is 0 Å². The van der Waals surface area contributed by atoms with Crippen molar-refractivity contribution >= 4 is 29.2 Å². The zero-order valence-corrected chi connectivity index (χ0v) is 15.9. The van der Waals surface area contributed by atoms with Crippen LogP contribution in [-0.4, -0.2) is 33.2 Å². The average Bonchev–Trinajstić information content (AvgIpc) is 3.38. The highest BCUT2D eigenvalue weighted by Gasteiger charge is 2.27. The molecule has 1 amide bonds. The minimum Gasteiger partial charge on any atom is -0.349 e. The number of quaternary nitrogens is 1. The molecule has 6 nitrogen and oxygen atoms in total. The number of nitrogens with zero attached hydrogens (tertiary/aromatic N) is 3. The van der Waals surface area contributed by atoms with Gasteiger partial charge in [0, 0.05) is 29.8 Å². The Morgan fingerprint density at radius 1 is 1.32 bits per heavy atom. The number of nitrogens with two attached hydrogens (primary N) is 1. The zero-order valence-electron chi connectivity index (χ0n) is 15.0. The number of hydrogen-bond acceptors (Lipinski definition) is 5. The summed E-state index contributed by atoms with van der Waals surface area (Å²) in [7, 11) is 0. The van der Waals surface area contributed by atoms with E-state index in [9.17, 15) is 4.79 Å². The Labute approximate surface area is 152 Å². The molecular weight excluding hydrogens is 334 g/mol. The average molecular weight is 358 g/mol. The molecule has 132 valence electrons. The second-order valence-corrected chi connectivity index (χ2v) is 8.05. The number of pyridine rings is 1. The van der Waals surface area contributed by atoms with Crippen LogP contribution in [0.2, 0.25) is 0 Å². The van der Waals surface area contributed by atoms with E-state index in [2.05, 4.69) is 41.0 Å². The van der Waals surface area contributed by atoms with Gasteiger partial charge in [-0.3, -0.25) is 15.1 Å². The van der Waals surface area contributed by atoms with E-state index in [1.54, 1.807) is 12.4 Å². The molecule has 3 rings (SSSR count). The first kappa shape index (κ1) is 17.8. The molecule has 3 N–H and O–H groups in total. The van der Waals surface area contributed by atoms with Gasteiger partial charge in [-0.05, 0) is 19.1 Å². The lowest BCUT2D eigenvalue weighted by molar-refractivity contribution is -0.483. The number of aromatic nitrogens is 3. The third-order valence-electron chi connectivity index (χ3n) is 3.99. The van der Waals surface area contributed by atoms with Gasteiger partial charge < -0.3 is 5.32 Å². The number of rotatable bonds is 5. The van der Waals surface area contributed by atoms with Crippen molar-refractivity contribution in [1.29, 1.82) is 0 Å². The Hall–Kier alpha value is -1.99. The summed E-state index contributed by atoms with van der Waals surface area (Å²) in [5.41, 5.74) is 2.46. The van der Waals surface area contributed by atoms with Crippen molar-refractivity contribution in [2.75, 3.05) is 6.26 Å². The second-order valence-electron chi connectivity index (χ2n) is 7.27. The van der Waals surface area contributed by atoms with Crippen molar-refractivity contribution in [1.82, 2.24) is 20.3 Å². The molecule has 1 fully saturated rings. The van der Waals surface area contributed by atoms with E-state index in [0.29, 0.717) is 22.6 Å². The first-order chi connectivity index (χ1) is 11.9. The molecule has 2 aromatic heterocycles. The Kier molecular flexibility index (Phi) is 5.06. The number of hydrogen-bond donors (Lipinski definition) is 2. The standard InChI is InChI=1S/C18H23N5OS/c1-18(2,3)14-9-12(7-8-19-14)21-15-13(10-20-17(23-15)25-4)16(24)22-11-5-6-11/h7-11H,5-6H2,1-4H3,(H,22,24)(H,19,20,21,23)/p+1. The van der Waals surface area contributed by atoms with Crippen LogP contribution in [0.4, 0.5) is 11.5 Å². The van der Waals surface area contributed by atoms with Gasteiger partial charge >= 0.3 is 0 Å². The van der Waals surface area contributed by atoms with Crippen LogP contribution in [0.25, 0.3) is 0 Å². The van der Waals surface area contributed by atoms with E-state index in [0.717, 1.165) is 24.2 Å². The molecule has 0 spiro atoms. The molecule has 0 saturated heterocycles.